The maximum atomic E-state index is 11.8. The van der Waals surface area contributed by atoms with Crippen LogP contribution in [0.2, 0.25) is 0 Å². The molecule has 1 amide bonds. The summed E-state index contributed by atoms with van der Waals surface area (Å²) < 4.78 is 0. The molecule has 0 aliphatic heterocycles. The Labute approximate surface area is 91.3 Å². The number of carbonyl (C=O) groups excluding carboxylic acids is 1. The van der Waals surface area contributed by atoms with Crippen LogP contribution < -0.4 is 0 Å². The number of aliphatic carboxylic acids is 1. The number of carboxylic acids is 1. The van der Waals surface area contributed by atoms with Crippen molar-refractivity contribution >= 4 is 11.9 Å². The van der Waals surface area contributed by atoms with E-state index >= 15 is 0 Å². The molecule has 0 unspecified atom stereocenters. The topological polar surface area (TPSA) is 57.6 Å². The highest BCUT2D eigenvalue weighted by molar-refractivity contribution is 5.79. The molecule has 1 N–H and O–H groups in total. The summed E-state index contributed by atoms with van der Waals surface area (Å²) in [5.74, 6) is -1.15. The first-order chi connectivity index (χ1) is 6.77. The Balaban J connectivity index is 4.27. The summed E-state index contributed by atoms with van der Waals surface area (Å²) in [5, 5.41) is 8.72. The SMILES string of the molecule is CC(C)[C@H](C)C(=O)N(C)C[C@H](C)C(=O)O. The molecular weight excluding hydrogens is 194 g/mol. The lowest BCUT2D eigenvalue weighted by atomic mass is 9.96. The molecule has 0 aliphatic carbocycles. The van der Waals surface area contributed by atoms with Gasteiger partial charge in [0.25, 0.3) is 0 Å². The fourth-order valence-electron chi connectivity index (χ4n) is 1.21. The van der Waals surface area contributed by atoms with Gasteiger partial charge in [0.2, 0.25) is 5.91 Å². The maximum absolute atomic E-state index is 11.8. The second-order valence-corrected chi connectivity index (χ2v) is 4.49. The summed E-state index contributed by atoms with van der Waals surface area (Å²) in [6.45, 7) is 7.71. The first kappa shape index (κ1) is 13.9. The van der Waals surface area contributed by atoms with Gasteiger partial charge in [-0.25, -0.2) is 0 Å². The third-order valence-corrected chi connectivity index (χ3v) is 2.74. The molecule has 4 nitrogen and oxygen atoms in total. The highest BCUT2D eigenvalue weighted by atomic mass is 16.4. The van der Waals surface area contributed by atoms with E-state index in [0.717, 1.165) is 0 Å². The average Bonchev–Trinajstić information content (AvgIpc) is 2.14. The molecule has 0 aromatic rings. The van der Waals surface area contributed by atoms with E-state index in [4.69, 9.17) is 5.11 Å². The standard InChI is InChI=1S/C11H21NO3/c1-7(2)9(4)10(13)12(5)6-8(3)11(14)15/h7-9H,6H2,1-5H3,(H,14,15)/t8-,9-/m0/s1. The average molecular weight is 215 g/mol. The van der Waals surface area contributed by atoms with Crippen molar-refractivity contribution in [3.8, 4) is 0 Å². The number of amides is 1. The number of carboxylic acid groups (broad SMARTS) is 1. The summed E-state index contributed by atoms with van der Waals surface area (Å²) >= 11 is 0. The quantitative estimate of drug-likeness (QED) is 0.755. The van der Waals surface area contributed by atoms with E-state index in [1.807, 2.05) is 20.8 Å². The Bertz CT molecular complexity index is 238. The van der Waals surface area contributed by atoms with Gasteiger partial charge >= 0.3 is 5.97 Å². The Hall–Kier alpha value is -1.06. The fourth-order valence-corrected chi connectivity index (χ4v) is 1.21. The van der Waals surface area contributed by atoms with Gasteiger partial charge in [-0.3, -0.25) is 9.59 Å². The predicted molar refractivity (Wildman–Crippen MR) is 58.4 cm³/mol. The van der Waals surface area contributed by atoms with Gasteiger partial charge in [-0.15, -0.1) is 0 Å². The maximum Gasteiger partial charge on any atom is 0.308 e. The van der Waals surface area contributed by atoms with Crippen LogP contribution in [-0.2, 0) is 9.59 Å². The number of rotatable bonds is 5. The van der Waals surface area contributed by atoms with Crippen molar-refractivity contribution in [3.05, 3.63) is 0 Å². The lowest BCUT2D eigenvalue weighted by molar-refractivity contribution is -0.143. The molecule has 0 bridgehead atoms. The zero-order valence-corrected chi connectivity index (χ0v) is 10.2. The van der Waals surface area contributed by atoms with Crippen molar-refractivity contribution in [2.45, 2.75) is 27.7 Å². The number of carbonyl (C=O) groups is 2. The normalized spacial score (nSPS) is 14.8. The third kappa shape index (κ3) is 4.32. The minimum atomic E-state index is -0.869. The first-order valence-corrected chi connectivity index (χ1v) is 5.25. The van der Waals surface area contributed by atoms with Crippen LogP contribution in [0.4, 0.5) is 0 Å². The van der Waals surface area contributed by atoms with Gasteiger partial charge < -0.3 is 10.0 Å². The van der Waals surface area contributed by atoms with Gasteiger partial charge in [0, 0.05) is 19.5 Å². The van der Waals surface area contributed by atoms with E-state index in [0.29, 0.717) is 0 Å². The smallest absolute Gasteiger partial charge is 0.308 e. The highest BCUT2D eigenvalue weighted by Gasteiger charge is 2.23. The van der Waals surface area contributed by atoms with Crippen molar-refractivity contribution in [1.29, 1.82) is 0 Å². The molecule has 0 saturated heterocycles. The third-order valence-electron chi connectivity index (χ3n) is 2.74. The number of hydrogen-bond acceptors (Lipinski definition) is 2. The van der Waals surface area contributed by atoms with Crippen molar-refractivity contribution in [2.75, 3.05) is 13.6 Å². The molecule has 0 radical (unpaired) electrons. The van der Waals surface area contributed by atoms with Crippen LogP contribution in [0, 0.1) is 17.8 Å². The first-order valence-electron chi connectivity index (χ1n) is 5.25. The van der Waals surface area contributed by atoms with E-state index in [1.54, 1.807) is 14.0 Å². The lowest BCUT2D eigenvalue weighted by Crippen LogP contribution is -2.38. The van der Waals surface area contributed by atoms with Gasteiger partial charge in [0.05, 0.1) is 5.92 Å². The Morgan fingerprint density at radius 3 is 2.00 bits per heavy atom. The zero-order valence-electron chi connectivity index (χ0n) is 10.2. The molecule has 0 fully saturated rings. The summed E-state index contributed by atoms with van der Waals surface area (Å²) in [6.07, 6.45) is 0. The Kier molecular flexibility index (Phi) is 5.33. The molecule has 15 heavy (non-hydrogen) atoms. The molecule has 2 atom stereocenters. The van der Waals surface area contributed by atoms with Gasteiger partial charge in [0.1, 0.15) is 0 Å². The van der Waals surface area contributed by atoms with Gasteiger partial charge in [0.15, 0.2) is 0 Å². The summed E-state index contributed by atoms with van der Waals surface area (Å²) in [4.78, 5) is 23.9. The molecule has 4 heteroatoms. The Morgan fingerprint density at radius 1 is 1.20 bits per heavy atom. The summed E-state index contributed by atoms with van der Waals surface area (Å²) in [5.41, 5.74) is 0. The van der Waals surface area contributed by atoms with Crippen molar-refractivity contribution in [3.63, 3.8) is 0 Å². The van der Waals surface area contributed by atoms with Crippen molar-refractivity contribution in [1.82, 2.24) is 4.90 Å². The zero-order chi connectivity index (χ0) is 12.2. The van der Waals surface area contributed by atoms with Crippen LogP contribution in [0.5, 0.6) is 0 Å². The van der Waals surface area contributed by atoms with E-state index < -0.39 is 11.9 Å². The second kappa shape index (κ2) is 5.73. The van der Waals surface area contributed by atoms with Crippen LogP contribution in [0.3, 0.4) is 0 Å². The molecule has 0 heterocycles. The highest BCUT2D eigenvalue weighted by Crippen LogP contribution is 2.13. The van der Waals surface area contributed by atoms with Crippen LogP contribution in [0.15, 0.2) is 0 Å². The van der Waals surface area contributed by atoms with Gasteiger partial charge in [-0.1, -0.05) is 27.7 Å². The van der Waals surface area contributed by atoms with Crippen molar-refractivity contribution in [2.24, 2.45) is 17.8 Å². The molecule has 0 saturated carbocycles. The Morgan fingerprint density at radius 2 is 1.67 bits per heavy atom. The molecule has 0 aromatic heterocycles. The fraction of sp³-hybridized carbons (Fsp3) is 0.818. The molecule has 0 spiro atoms. The van der Waals surface area contributed by atoms with E-state index in [1.165, 1.54) is 4.90 Å². The second-order valence-electron chi connectivity index (χ2n) is 4.49. The molecule has 0 aromatic carbocycles. The minimum absolute atomic E-state index is 0.0121. The largest absolute Gasteiger partial charge is 0.481 e. The molecular formula is C11H21NO3. The minimum Gasteiger partial charge on any atom is -0.481 e. The molecule has 0 rings (SSSR count). The van der Waals surface area contributed by atoms with Crippen LogP contribution in [0.1, 0.15) is 27.7 Å². The lowest BCUT2D eigenvalue weighted by Gasteiger charge is -2.24. The van der Waals surface area contributed by atoms with E-state index in [-0.39, 0.29) is 24.3 Å². The predicted octanol–water partition coefficient (Wildman–Crippen LogP) is 1.46. The van der Waals surface area contributed by atoms with E-state index in [9.17, 15) is 9.59 Å². The number of nitrogens with zero attached hydrogens (tertiary/aromatic N) is 1. The summed E-state index contributed by atoms with van der Waals surface area (Å²) in [6, 6.07) is 0. The van der Waals surface area contributed by atoms with Gasteiger partial charge in [-0.05, 0) is 5.92 Å². The van der Waals surface area contributed by atoms with Crippen LogP contribution >= 0.6 is 0 Å². The molecule has 0 aliphatic rings. The van der Waals surface area contributed by atoms with Gasteiger partial charge in [-0.2, -0.15) is 0 Å². The van der Waals surface area contributed by atoms with E-state index in [2.05, 4.69) is 0 Å². The van der Waals surface area contributed by atoms with Crippen molar-refractivity contribution < 1.29 is 14.7 Å². The summed E-state index contributed by atoms with van der Waals surface area (Å²) in [7, 11) is 1.65. The van der Waals surface area contributed by atoms with Crippen LogP contribution in [-0.4, -0.2) is 35.5 Å². The monoisotopic (exact) mass is 215 g/mol. The molecule has 88 valence electrons. The number of hydrogen-bond donors (Lipinski definition) is 1. The van der Waals surface area contributed by atoms with Crippen LogP contribution in [0.25, 0.3) is 0 Å².